The first-order chi connectivity index (χ1) is 9.92. The number of amides is 1. The van der Waals surface area contributed by atoms with Gasteiger partial charge in [-0.1, -0.05) is 23.2 Å². The summed E-state index contributed by atoms with van der Waals surface area (Å²) >= 11 is 11.6. The van der Waals surface area contributed by atoms with Gasteiger partial charge in [-0.15, -0.1) is 0 Å². The second-order valence-corrected chi connectivity index (χ2v) is 4.94. The molecule has 0 saturated carbocycles. The number of carboxylic acids is 1. The monoisotopic (exact) mass is 335 g/mol. The summed E-state index contributed by atoms with van der Waals surface area (Å²) in [6.45, 7) is -0.131. The fourth-order valence-corrected chi connectivity index (χ4v) is 1.72. The lowest BCUT2D eigenvalue weighted by Crippen LogP contribution is -2.37. The molecule has 116 valence electrons. The van der Waals surface area contributed by atoms with Crippen LogP contribution in [0.2, 0.25) is 10.0 Å². The predicted octanol–water partition coefficient (Wildman–Crippen LogP) is 1.98. The summed E-state index contributed by atoms with van der Waals surface area (Å²) < 4.78 is 10.2. The quantitative estimate of drug-likeness (QED) is 0.758. The van der Waals surface area contributed by atoms with E-state index in [9.17, 15) is 9.59 Å². The third-order valence-electron chi connectivity index (χ3n) is 2.52. The fourth-order valence-electron chi connectivity index (χ4n) is 1.43. The number of ether oxygens (including phenoxy) is 2. The number of carbonyl (C=O) groups excluding carboxylic acids is 1. The second-order valence-electron chi connectivity index (χ2n) is 4.12. The molecule has 0 aliphatic carbocycles. The summed E-state index contributed by atoms with van der Waals surface area (Å²) in [5.41, 5.74) is 0. The minimum Gasteiger partial charge on any atom is -0.484 e. The molecule has 1 unspecified atom stereocenters. The lowest BCUT2D eigenvalue weighted by molar-refractivity contribution is -0.140. The number of halogens is 2. The van der Waals surface area contributed by atoms with Crippen molar-refractivity contribution in [2.24, 2.45) is 0 Å². The van der Waals surface area contributed by atoms with E-state index >= 15 is 0 Å². The van der Waals surface area contributed by atoms with Crippen molar-refractivity contribution in [3.05, 3.63) is 28.2 Å². The molecule has 0 aromatic heterocycles. The number of nitrogens with one attached hydrogen (secondary N) is 1. The largest absolute Gasteiger partial charge is 0.484 e. The Balaban J connectivity index is 2.36. The zero-order chi connectivity index (χ0) is 15.8. The number of hydrogen-bond acceptors (Lipinski definition) is 4. The summed E-state index contributed by atoms with van der Waals surface area (Å²) in [5.74, 6) is -0.981. The van der Waals surface area contributed by atoms with Gasteiger partial charge in [0.25, 0.3) is 5.91 Å². The molecule has 1 rings (SSSR count). The Morgan fingerprint density at radius 1 is 1.33 bits per heavy atom. The number of carbonyl (C=O) groups is 2. The van der Waals surface area contributed by atoms with E-state index in [2.05, 4.69) is 5.32 Å². The standard InChI is InChI=1S/C13H15Cl2NO5/c1-20-9(5-13(18)19)6-16-12(17)7-21-8-2-3-10(14)11(15)4-8/h2-4,9H,5-7H2,1H3,(H,16,17)(H,18,19). The van der Waals surface area contributed by atoms with Crippen molar-refractivity contribution >= 4 is 35.1 Å². The molecular weight excluding hydrogens is 321 g/mol. The summed E-state index contributed by atoms with van der Waals surface area (Å²) in [6.07, 6.45) is -0.777. The number of benzene rings is 1. The fraction of sp³-hybridized carbons (Fsp3) is 0.385. The molecule has 0 aliphatic rings. The van der Waals surface area contributed by atoms with Crippen LogP contribution in [-0.4, -0.2) is 43.3 Å². The van der Waals surface area contributed by atoms with Crippen LogP contribution in [0.4, 0.5) is 0 Å². The SMILES string of the molecule is COC(CNC(=O)COc1ccc(Cl)c(Cl)c1)CC(=O)O. The van der Waals surface area contributed by atoms with Crippen LogP contribution in [0, 0.1) is 0 Å². The molecule has 0 radical (unpaired) electrons. The third-order valence-corrected chi connectivity index (χ3v) is 3.26. The second kappa shape index (κ2) is 8.71. The topological polar surface area (TPSA) is 84.9 Å². The van der Waals surface area contributed by atoms with Crippen LogP contribution in [0.1, 0.15) is 6.42 Å². The van der Waals surface area contributed by atoms with Crippen molar-refractivity contribution in [3.63, 3.8) is 0 Å². The van der Waals surface area contributed by atoms with E-state index in [0.29, 0.717) is 15.8 Å². The first kappa shape index (κ1) is 17.6. The van der Waals surface area contributed by atoms with Gasteiger partial charge in [0.1, 0.15) is 5.75 Å². The maximum atomic E-state index is 11.6. The minimum absolute atomic E-state index is 0.0897. The molecule has 1 amide bonds. The highest BCUT2D eigenvalue weighted by Crippen LogP contribution is 2.26. The zero-order valence-corrected chi connectivity index (χ0v) is 12.8. The summed E-state index contributed by atoms with van der Waals surface area (Å²) in [5, 5.41) is 11.9. The molecule has 1 atom stereocenters. The van der Waals surface area contributed by atoms with Gasteiger partial charge in [0.05, 0.1) is 22.6 Å². The highest BCUT2D eigenvalue weighted by Gasteiger charge is 2.13. The van der Waals surface area contributed by atoms with Crippen LogP contribution in [0.15, 0.2) is 18.2 Å². The van der Waals surface area contributed by atoms with Crippen LogP contribution in [0.3, 0.4) is 0 Å². The van der Waals surface area contributed by atoms with E-state index in [1.807, 2.05) is 0 Å². The molecule has 2 N–H and O–H groups in total. The van der Waals surface area contributed by atoms with Crippen LogP contribution >= 0.6 is 23.2 Å². The van der Waals surface area contributed by atoms with Crippen molar-refractivity contribution in [1.29, 1.82) is 0 Å². The minimum atomic E-state index is -0.997. The maximum Gasteiger partial charge on any atom is 0.306 e. The Morgan fingerprint density at radius 3 is 2.62 bits per heavy atom. The number of hydrogen-bond donors (Lipinski definition) is 2. The van der Waals surface area contributed by atoms with Gasteiger partial charge in [0.2, 0.25) is 0 Å². The van der Waals surface area contributed by atoms with Crippen LogP contribution < -0.4 is 10.1 Å². The first-order valence-corrected chi connectivity index (χ1v) is 6.77. The van der Waals surface area contributed by atoms with E-state index in [1.165, 1.54) is 13.2 Å². The average molecular weight is 336 g/mol. The van der Waals surface area contributed by atoms with Gasteiger partial charge in [-0.3, -0.25) is 9.59 Å². The van der Waals surface area contributed by atoms with E-state index in [-0.39, 0.29) is 19.6 Å². The molecule has 0 heterocycles. The Hall–Kier alpha value is -1.50. The zero-order valence-electron chi connectivity index (χ0n) is 11.3. The van der Waals surface area contributed by atoms with Gasteiger partial charge in [0, 0.05) is 19.7 Å². The van der Waals surface area contributed by atoms with Crippen molar-refractivity contribution in [3.8, 4) is 5.75 Å². The van der Waals surface area contributed by atoms with Gasteiger partial charge < -0.3 is 19.9 Å². The average Bonchev–Trinajstić information content (AvgIpc) is 2.44. The number of carboxylic acid groups (broad SMARTS) is 1. The Bertz CT molecular complexity index is 509. The maximum absolute atomic E-state index is 11.6. The highest BCUT2D eigenvalue weighted by atomic mass is 35.5. The summed E-state index contributed by atoms with van der Waals surface area (Å²) in [7, 11) is 1.38. The van der Waals surface area contributed by atoms with Crippen LogP contribution in [0.25, 0.3) is 0 Å². The Kier molecular flexibility index (Phi) is 7.28. The van der Waals surface area contributed by atoms with Crippen LogP contribution in [0.5, 0.6) is 5.75 Å². The van der Waals surface area contributed by atoms with Gasteiger partial charge in [-0.05, 0) is 12.1 Å². The van der Waals surface area contributed by atoms with Crippen molar-refractivity contribution in [2.75, 3.05) is 20.3 Å². The molecule has 0 saturated heterocycles. The van der Waals surface area contributed by atoms with Gasteiger partial charge in [0.15, 0.2) is 6.61 Å². The predicted molar refractivity (Wildman–Crippen MR) is 78.0 cm³/mol. The first-order valence-electron chi connectivity index (χ1n) is 6.01. The molecule has 0 bridgehead atoms. The van der Waals surface area contributed by atoms with Gasteiger partial charge >= 0.3 is 5.97 Å². The highest BCUT2D eigenvalue weighted by molar-refractivity contribution is 6.42. The summed E-state index contributed by atoms with van der Waals surface area (Å²) in [4.78, 5) is 22.1. The molecule has 1 aromatic carbocycles. The van der Waals surface area contributed by atoms with Gasteiger partial charge in [-0.25, -0.2) is 0 Å². The summed E-state index contributed by atoms with van der Waals surface area (Å²) in [6, 6.07) is 4.65. The number of aliphatic carboxylic acids is 1. The van der Waals surface area contributed by atoms with Crippen LogP contribution in [-0.2, 0) is 14.3 Å². The van der Waals surface area contributed by atoms with E-state index in [1.54, 1.807) is 12.1 Å². The molecule has 0 spiro atoms. The lowest BCUT2D eigenvalue weighted by atomic mass is 10.2. The van der Waals surface area contributed by atoms with Crippen molar-refractivity contribution in [2.45, 2.75) is 12.5 Å². The Morgan fingerprint density at radius 2 is 2.05 bits per heavy atom. The Labute approximate surface area is 131 Å². The van der Waals surface area contributed by atoms with E-state index < -0.39 is 18.0 Å². The number of methoxy groups -OCH3 is 1. The smallest absolute Gasteiger partial charge is 0.306 e. The van der Waals surface area contributed by atoms with Crippen molar-refractivity contribution in [1.82, 2.24) is 5.32 Å². The molecule has 8 heteroatoms. The molecule has 1 aromatic rings. The van der Waals surface area contributed by atoms with Gasteiger partial charge in [-0.2, -0.15) is 0 Å². The van der Waals surface area contributed by atoms with E-state index in [4.69, 9.17) is 37.8 Å². The third kappa shape index (κ3) is 6.66. The van der Waals surface area contributed by atoms with Crippen molar-refractivity contribution < 1.29 is 24.2 Å². The molecule has 6 nitrogen and oxygen atoms in total. The molecular formula is C13H15Cl2NO5. The molecule has 21 heavy (non-hydrogen) atoms. The molecule has 0 fully saturated rings. The number of rotatable bonds is 8. The normalized spacial score (nSPS) is 11.8. The van der Waals surface area contributed by atoms with E-state index in [0.717, 1.165) is 0 Å². The lowest BCUT2D eigenvalue weighted by Gasteiger charge is -2.14. The molecule has 0 aliphatic heterocycles.